The van der Waals surface area contributed by atoms with Gasteiger partial charge in [-0.05, 0) is 73.2 Å². The molecule has 28 heavy (non-hydrogen) atoms. The molecule has 4 rings (SSSR count). The fourth-order valence-electron chi connectivity index (χ4n) is 4.10. The van der Waals surface area contributed by atoms with Crippen molar-refractivity contribution in [1.82, 2.24) is 0 Å². The molecule has 0 spiro atoms. The lowest BCUT2D eigenvalue weighted by Crippen LogP contribution is -2.32. The van der Waals surface area contributed by atoms with Gasteiger partial charge >= 0.3 is 0 Å². The Hall–Kier alpha value is -2.82. The summed E-state index contributed by atoms with van der Waals surface area (Å²) in [5, 5.41) is 2.98. The third-order valence-corrected chi connectivity index (χ3v) is 5.89. The molecule has 1 N–H and O–H groups in total. The number of nitrogens with one attached hydrogen (secondary N) is 1. The standard InChI is InChI=1S/C23H27N3O2/c1-16-9-12-25(13-10-16)21-6-4-20(5-7-21)24-23(28)19-3-8-22-18(15-19)11-14-26(22)17(2)27/h3-8,15-16H,9-14H2,1-2H3,(H,24,28). The molecule has 2 heterocycles. The van der Waals surface area contributed by atoms with Gasteiger partial charge in [-0.1, -0.05) is 6.92 Å². The van der Waals surface area contributed by atoms with Crippen LogP contribution in [0.4, 0.5) is 17.1 Å². The molecule has 5 nitrogen and oxygen atoms in total. The van der Waals surface area contributed by atoms with Gasteiger partial charge in [-0.2, -0.15) is 0 Å². The van der Waals surface area contributed by atoms with Gasteiger partial charge in [0.15, 0.2) is 0 Å². The molecule has 0 atom stereocenters. The Labute approximate surface area is 166 Å². The molecule has 146 valence electrons. The van der Waals surface area contributed by atoms with Gasteiger partial charge < -0.3 is 15.1 Å². The molecular formula is C23H27N3O2. The van der Waals surface area contributed by atoms with Crippen LogP contribution in [-0.2, 0) is 11.2 Å². The van der Waals surface area contributed by atoms with Crippen molar-refractivity contribution in [2.24, 2.45) is 5.92 Å². The van der Waals surface area contributed by atoms with Crippen LogP contribution in [0.25, 0.3) is 0 Å². The van der Waals surface area contributed by atoms with Crippen LogP contribution in [0.15, 0.2) is 42.5 Å². The van der Waals surface area contributed by atoms with Crippen molar-refractivity contribution in [2.45, 2.75) is 33.1 Å². The molecule has 5 heteroatoms. The predicted octanol–water partition coefficient (Wildman–Crippen LogP) is 4.08. The lowest BCUT2D eigenvalue weighted by Gasteiger charge is -2.32. The highest BCUT2D eigenvalue weighted by atomic mass is 16.2. The molecule has 2 aromatic rings. The molecule has 0 bridgehead atoms. The predicted molar refractivity (Wildman–Crippen MR) is 113 cm³/mol. The van der Waals surface area contributed by atoms with E-state index in [9.17, 15) is 9.59 Å². The summed E-state index contributed by atoms with van der Waals surface area (Å²) >= 11 is 0. The molecule has 2 aliphatic rings. The number of fused-ring (bicyclic) bond motifs is 1. The summed E-state index contributed by atoms with van der Waals surface area (Å²) in [6.07, 6.45) is 3.26. The molecule has 0 aromatic heterocycles. The molecular weight excluding hydrogens is 350 g/mol. The number of carbonyl (C=O) groups is 2. The fourth-order valence-corrected chi connectivity index (χ4v) is 4.10. The summed E-state index contributed by atoms with van der Waals surface area (Å²) in [6, 6.07) is 13.7. The van der Waals surface area contributed by atoms with Crippen LogP contribution in [0.5, 0.6) is 0 Å². The second-order valence-electron chi connectivity index (χ2n) is 7.93. The highest BCUT2D eigenvalue weighted by Gasteiger charge is 2.23. The van der Waals surface area contributed by atoms with E-state index in [0.717, 1.165) is 42.4 Å². The molecule has 2 aromatic carbocycles. The Morgan fingerprint density at radius 3 is 2.39 bits per heavy atom. The summed E-state index contributed by atoms with van der Waals surface area (Å²) in [5.41, 5.74) is 4.61. The molecule has 0 aliphatic carbocycles. The van der Waals surface area contributed by atoms with Gasteiger partial charge in [0.2, 0.25) is 5.91 Å². The first kappa shape index (κ1) is 18.5. The third-order valence-electron chi connectivity index (χ3n) is 5.89. The average Bonchev–Trinajstić information content (AvgIpc) is 3.13. The van der Waals surface area contributed by atoms with Crippen molar-refractivity contribution in [3.8, 4) is 0 Å². The Balaban J connectivity index is 1.42. The number of nitrogens with zero attached hydrogens (tertiary/aromatic N) is 2. The smallest absolute Gasteiger partial charge is 0.255 e. The number of anilines is 3. The first-order valence-electron chi connectivity index (χ1n) is 10.1. The van der Waals surface area contributed by atoms with E-state index < -0.39 is 0 Å². The zero-order valence-electron chi connectivity index (χ0n) is 16.6. The van der Waals surface area contributed by atoms with E-state index in [1.54, 1.807) is 17.9 Å². The maximum absolute atomic E-state index is 12.6. The Morgan fingerprint density at radius 2 is 1.71 bits per heavy atom. The number of piperidine rings is 1. The van der Waals surface area contributed by atoms with Crippen molar-refractivity contribution < 1.29 is 9.59 Å². The fraction of sp³-hybridized carbons (Fsp3) is 0.391. The van der Waals surface area contributed by atoms with Crippen LogP contribution in [-0.4, -0.2) is 31.4 Å². The van der Waals surface area contributed by atoms with Crippen molar-refractivity contribution in [2.75, 3.05) is 34.8 Å². The van der Waals surface area contributed by atoms with Gasteiger partial charge in [0.1, 0.15) is 0 Å². The highest BCUT2D eigenvalue weighted by Crippen LogP contribution is 2.29. The second-order valence-corrected chi connectivity index (χ2v) is 7.93. The van der Waals surface area contributed by atoms with E-state index in [4.69, 9.17) is 0 Å². The Morgan fingerprint density at radius 1 is 1.00 bits per heavy atom. The molecule has 2 aliphatic heterocycles. The van der Waals surface area contributed by atoms with E-state index in [-0.39, 0.29) is 11.8 Å². The summed E-state index contributed by atoms with van der Waals surface area (Å²) in [7, 11) is 0. The van der Waals surface area contributed by atoms with Crippen molar-refractivity contribution in [3.63, 3.8) is 0 Å². The zero-order valence-corrected chi connectivity index (χ0v) is 16.6. The Kier molecular flexibility index (Phi) is 5.07. The zero-order chi connectivity index (χ0) is 19.7. The minimum Gasteiger partial charge on any atom is -0.372 e. The molecule has 2 amide bonds. The number of hydrogen-bond donors (Lipinski definition) is 1. The SMILES string of the molecule is CC(=O)N1CCc2cc(C(=O)Nc3ccc(N4CCC(C)CC4)cc3)ccc21. The van der Waals surface area contributed by atoms with Gasteiger partial charge in [0.25, 0.3) is 5.91 Å². The van der Waals surface area contributed by atoms with Crippen LogP contribution in [0.1, 0.15) is 42.6 Å². The number of amides is 2. The van der Waals surface area contributed by atoms with Crippen molar-refractivity contribution in [3.05, 3.63) is 53.6 Å². The summed E-state index contributed by atoms with van der Waals surface area (Å²) in [5.74, 6) is 0.729. The normalized spacial score (nSPS) is 16.8. The summed E-state index contributed by atoms with van der Waals surface area (Å²) < 4.78 is 0. The average molecular weight is 377 g/mol. The number of rotatable bonds is 3. The number of hydrogen-bond acceptors (Lipinski definition) is 3. The molecule has 0 unspecified atom stereocenters. The van der Waals surface area contributed by atoms with Crippen molar-refractivity contribution >= 4 is 28.9 Å². The minimum atomic E-state index is -0.122. The van der Waals surface area contributed by atoms with E-state index in [1.807, 2.05) is 24.3 Å². The van der Waals surface area contributed by atoms with Crippen LogP contribution in [0.3, 0.4) is 0 Å². The Bertz CT molecular complexity index is 883. The van der Waals surface area contributed by atoms with Gasteiger partial charge in [-0.15, -0.1) is 0 Å². The summed E-state index contributed by atoms with van der Waals surface area (Å²) in [6.45, 7) is 6.77. The van der Waals surface area contributed by atoms with Crippen molar-refractivity contribution in [1.29, 1.82) is 0 Å². The van der Waals surface area contributed by atoms with Gasteiger partial charge in [0.05, 0.1) is 0 Å². The third kappa shape index (κ3) is 3.75. The molecule has 0 saturated carbocycles. The largest absolute Gasteiger partial charge is 0.372 e. The van der Waals surface area contributed by atoms with E-state index in [0.29, 0.717) is 12.1 Å². The quantitative estimate of drug-likeness (QED) is 0.877. The van der Waals surface area contributed by atoms with Gasteiger partial charge in [-0.3, -0.25) is 9.59 Å². The lowest BCUT2D eigenvalue weighted by atomic mass is 9.99. The van der Waals surface area contributed by atoms with Crippen LogP contribution < -0.4 is 15.1 Å². The van der Waals surface area contributed by atoms with Crippen LogP contribution >= 0.6 is 0 Å². The second kappa shape index (κ2) is 7.66. The monoisotopic (exact) mass is 377 g/mol. The van der Waals surface area contributed by atoms with E-state index in [2.05, 4.69) is 29.3 Å². The van der Waals surface area contributed by atoms with Gasteiger partial charge in [-0.25, -0.2) is 0 Å². The van der Waals surface area contributed by atoms with E-state index >= 15 is 0 Å². The van der Waals surface area contributed by atoms with Crippen LogP contribution in [0, 0.1) is 5.92 Å². The summed E-state index contributed by atoms with van der Waals surface area (Å²) in [4.78, 5) is 28.5. The topological polar surface area (TPSA) is 52.7 Å². The molecule has 0 radical (unpaired) electrons. The van der Waals surface area contributed by atoms with E-state index in [1.165, 1.54) is 18.5 Å². The molecule has 1 saturated heterocycles. The minimum absolute atomic E-state index is 0.0409. The number of carbonyl (C=O) groups excluding carboxylic acids is 2. The lowest BCUT2D eigenvalue weighted by molar-refractivity contribution is -0.116. The van der Waals surface area contributed by atoms with Gasteiger partial charge in [0, 0.05) is 49.2 Å². The maximum Gasteiger partial charge on any atom is 0.255 e. The van der Waals surface area contributed by atoms with Crippen LogP contribution in [0.2, 0.25) is 0 Å². The maximum atomic E-state index is 12.6. The first-order chi connectivity index (χ1) is 13.5. The molecule has 1 fully saturated rings. The first-order valence-corrected chi connectivity index (χ1v) is 10.1. The number of benzene rings is 2. The highest BCUT2D eigenvalue weighted by molar-refractivity contribution is 6.05.